The molecule has 0 bridgehead atoms. The van der Waals surface area contributed by atoms with Gasteiger partial charge in [0.15, 0.2) is 0 Å². The number of hydrogen-bond donors (Lipinski definition) is 3. The smallest absolute Gasteiger partial charge is 0.417 e. The molecule has 0 aliphatic heterocycles. The summed E-state index contributed by atoms with van der Waals surface area (Å²) in [6, 6.07) is -2.83. The van der Waals surface area contributed by atoms with E-state index < -0.39 is 46.8 Å². The van der Waals surface area contributed by atoms with Crippen molar-refractivity contribution in [2.45, 2.75) is 18.4 Å². The number of aromatic hydroxyl groups is 1. The topological polar surface area (TPSA) is 83.6 Å². The Hall–Kier alpha value is -1.97. The van der Waals surface area contributed by atoms with Crippen LogP contribution in [0.25, 0.3) is 0 Å². The lowest BCUT2D eigenvalue weighted by molar-refractivity contribution is -0.149. The molecular formula is C10H7F6NO3. The summed E-state index contributed by atoms with van der Waals surface area (Å²) in [6.07, 6.45) is -10.2. The van der Waals surface area contributed by atoms with Crippen molar-refractivity contribution in [2.75, 3.05) is 0 Å². The summed E-state index contributed by atoms with van der Waals surface area (Å²) in [5.41, 5.74) is 0.403. The summed E-state index contributed by atoms with van der Waals surface area (Å²) in [5.74, 6) is -3.47. The van der Waals surface area contributed by atoms with Gasteiger partial charge in [-0.1, -0.05) is 0 Å². The van der Waals surface area contributed by atoms with Crippen molar-refractivity contribution >= 4 is 5.97 Å². The third-order valence-electron chi connectivity index (χ3n) is 2.39. The van der Waals surface area contributed by atoms with Crippen LogP contribution in [-0.2, 0) is 6.18 Å². The summed E-state index contributed by atoms with van der Waals surface area (Å²) in [5, 5.41) is 17.8. The first-order valence-corrected chi connectivity index (χ1v) is 4.85. The molecule has 0 radical (unpaired) electrons. The van der Waals surface area contributed by atoms with Crippen LogP contribution in [0.15, 0.2) is 12.1 Å². The van der Waals surface area contributed by atoms with Gasteiger partial charge in [0.1, 0.15) is 11.8 Å². The summed E-state index contributed by atoms with van der Waals surface area (Å²) in [7, 11) is 0. The van der Waals surface area contributed by atoms with Crippen molar-refractivity contribution in [3.63, 3.8) is 0 Å². The minimum atomic E-state index is -5.15. The van der Waals surface area contributed by atoms with Crippen molar-refractivity contribution in [3.8, 4) is 5.75 Å². The molecule has 0 amide bonds. The van der Waals surface area contributed by atoms with E-state index >= 15 is 0 Å². The van der Waals surface area contributed by atoms with Crippen LogP contribution in [0.4, 0.5) is 26.3 Å². The maximum atomic E-state index is 12.5. The van der Waals surface area contributed by atoms with Crippen LogP contribution in [-0.4, -0.2) is 22.4 Å². The van der Waals surface area contributed by atoms with Crippen molar-refractivity contribution in [3.05, 3.63) is 28.8 Å². The molecule has 1 atom stereocenters. The lowest BCUT2D eigenvalue weighted by Crippen LogP contribution is -2.29. The van der Waals surface area contributed by atoms with E-state index in [9.17, 15) is 36.2 Å². The molecule has 0 spiro atoms. The van der Waals surface area contributed by atoms with Gasteiger partial charge in [0.2, 0.25) is 0 Å². The second kappa shape index (κ2) is 4.85. The molecule has 1 aromatic rings. The highest BCUT2D eigenvalue weighted by molar-refractivity contribution is 5.90. The van der Waals surface area contributed by atoms with E-state index in [1.807, 2.05) is 0 Å². The van der Waals surface area contributed by atoms with E-state index in [1.165, 1.54) is 0 Å². The number of carbonyl (C=O) groups is 1. The van der Waals surface area contributed by atoms with Gasteiger partial charge in [-0.05, 0) is 12.1 Å². The van der Waals surface area contributed by atoms with Gasteiger partial charge in [0, 0.05) is 5.56 Å². The third kappa shape index (κ3) is 3.13. The van der Waals surface area contributed by atoms with Crippen LogP contribution in [0.5, 0.6) is 5.75 Å². The minimum Gasteiger partial charge on any atom is -0.508 e. The summed E-state index contributed by atoms with van der Waals surface area (Å²) in [4.78, 5) is 10.7. The molecule has 4 nitrogen and oxygen atoms in total. The first kappa shape index (κ1) is 16.1. The molecule has 1 rings (SSSR count). The maximum Gasteiger partial charge on any atom is 0.417 e. The number of benzene rings is 1. The second-order valence-electron chi connectivity index (χ2n) is 3.78. The predicted molar refractivity (Wildman–Crippen MR) is 53.1 cm³/mol. The molecule has 0 aromatic heterocycles. The van der Waals surface area contributed by atoms with Crippen LogP contribution >= 0.6 is 0 Å². The number of phenols is 1. The summed E-state index contributed by atoms with van der Waals surface area (Å²) in [6.45, 7) is 0. The van der Waals surface area contributed by atoms with Gasteiger partial charge in [-0.15, -0.1) is 0 Å². The van der Waals surface area contributed by atoms with Crippen LogP contribution in [0.1, 0.15) is 27.5 Å². The normalized spacial score (nSPS) is 14.2. The minimum absolute atomic E-state index is 0.0681. The lowest BCUT2D eigenvalue weighted by atomic mass is 9.98. The Morgan fingerprint density at radius 1 is 1.15 bits per heavy atom. The average Bonchev–Trinajstić information content (AvgIpc) is 2.24. The SMILES string of the molecule is N[C@@H](c1cc(C(=O)O)c(C(F)(F)F)cc1O)C(F)(F)F. The number of halogens is 6. The van der Waals surface area contributed by atoms with E-state index in [0.717, 1.165) is 0 Å². The van der Waals surface area contributed by atoms with Crippen LogP contribution in [0.2, 0.25) is 0 Å². The van der Waals surface area contributed by atoms with Gasteiger partial charge >= 0.3 is 18.3 Å². The molecular weight excluding hydrogens is 296 g/mol. The fraction of sp³-hybridized carbons (Fsp3) is 0.300. The lowest BCUT2D eigenvalue weighted by Gasteiger charge is -2.19. The maximum absolute atomic E-state index is 12.5. The van der Waals surface area contributed by atoms with Crippen molar-refractivity contribution in [1.82, 2.24) is 0 Å². The zero-order chi connectivity index (χ0) is 15.9. The van der Waals surface area contributed by atoms with E-state index in [2.05, 4.69) is 0 Å². The van der Waals surface area contributed by atoms with Crippen molar-refractivity contribution < 1.29 is 41.4 Å². The summed E-state index contributed by atoms with van der Waals surface area (Å²) < 4.78 is 74.7. The van der Waals surface area contributed by atoms with Crippen molar-refractivity contribution in [2.24, 2.45) is 5.73 Å². The van der Waals surface area contributed by atoms with Gasteiger partial charge in [-0.2, -0.15) is 26.3 Å². The monoisotopic (exact) mass is 303 g/mol. The Morgan fingerprint density at radius 3 is 2.00 bits per heavy atom. The first-order chi connectivity index (χ1) is 8.85. The Morgan fingerprint density at radius 2 is 1.65 bits per heavy atom. The average molecular weight is 303 g/mol. The number of carboxylic acids is 1. The largest absolute Gasteiger partial charge is 0.508 e. The third-order valence-corrected chi connectivity index (χ3v) is 2.39. The van der Waals surface area contributed by atoms with Crippen LogP contribution in [0.3, 0.4) is 0 Å². The predicted octanol–water partition coefficient (Wildman–Crippen LogP) is 2.67. The molecule has 0 aliphatic carbocycles. The molecule has 0 heterocycles. The Balaban J connectivity index is 3.54. The molecule has 0 saturated carbocycles. The number of nitrogens with two attached hydrogens (primary N) is 1. The van der Waals surface area contributed by atoms with Crippen LogP contribution in [0, 0.1) is 0 Å². The van der Waals surface area contributed by atoms with Gasteiger partial charge < -0.3 is 15.9 Å². The number of alkyl halides is 6. The van der Waals surface area contributed by atoms with Crippen LogP contribution < -0.4 is 5.73 Å². The second-order valence-corrected chi connectivity index (χ2v) is 3.78. The molecule has 0 fully saturated rings. The molecule has 1 aromatic carbocycles. The van der Waals surface area contributed by atoms with Gasteiger partial charge in [-0.25, -0.2) is 4.79 Å². The van der Waals surface area contributed by atoms with E-state index in [0.29, 0.717) is 0 Å². The molecule has 0 saturated heterocycles. The standard InChI is InChI=1S/C10H7F6NO3/c11-9(12,13)5-2-6(18)4(1-3(5)8(19)20)7(17)10(14,15)16/h1-2,7,18H,17H2,(H,19,20)/t7-/m0/s1. The van der Waals surface area contributed by atoms with Gasteiger partial charge in [0.25, 0.3) is 0 Å². The Bertz CT molecular complexity index is 537. The fourth-order valence-corrected chi connectivity index (χ4v) is 1.44. The highest BCUT2D eigenvalue weighted by Gasteiger charge is 2.42. The highest BCUT2D eigenvalue weighted by atomic mass is 19.4. The zero-order valence-electron chi connectivity index (χ0n) is 9.38. The molecule has 4 N–H and O–H groups in total. The number of carboxylic acid groups (broad SMARTS) is 1. The number of aromatic carboxylic acids is 1. The summed E-state index contributed by atoms with van der Waals surface area (Å²) >= 11 is 0. The quantitative estimate of drug-likeness (QED) is 0.733. The van der Waals surface area contributed by atoms with Crippen molar-refractivity contribution in [1.29, 1.82) is 0 Å². The van der Waals surface area contributed by atoms with Gasteiger partial charge in [-0.3, -0.25) is 0 Å². The molecule has 10 heteroatoms. The fourth-order valence-electron chi connectivity index (χ4n) is 1.44. The molecule has 20 heavy (non-hydrogen) atoms. The number of rotatable bonds is 2. The van der Waals surface area contributed by atoms with E-state index in [-0.39, 0.29) is 12.1 Å². The first-order valence-electron chi connectivity index (χ1n) is 4.85. The number of hydrogen-bond acceptors (Lipinski definition) is 3. The molecule has 112 valence electrons. The zero-order valence-corrected chi connectivity index (χ0v) is 9.38. The molecule has 0 unspecified atom stereocenters. The molecule has 0 aliphatic rings. The highest BCUT2D eigenvalue weighted by Crippen LogP contribution is 2.40. The van der Waals surface area contributed by atoms with Gasteiger partial charge in [0.05, 0.1) is 11.1 Å². The van der Waals surface area contributed by atoms with E-state index in [1.54, 1.807) is 0 Å². The number of phenolic OH excluding ortho intramolecular Hbond substituents is 1. The Labute approximate surface area is 107 Å². The van der Waals surface area contributed by atoms with E-state index in [4.69, 9.17) is 10.8 Å². The Kier molecular flexibility index (Phi) is 3.90.